The van der Waals surface area contributed by atoms with E-state index in [0.29, 0.717) is 0 Å². The van der Waals surface area contributed by atoms with Crippen LogP contribution in [0.2, 0.25) is 0 Å². The predicted octanol–water partition coefficient (Wildman–Crippen LogP) is 3.30. The summed E-state index contributed by atoms with van der Waals surface area (Å²) in [5.41, 5.74) is 4.41. The van der Waals surface area contributed by atoms with Crippen molar-refractivity contribution in [1.29, 1.82) is 0 Å². The summed E-state index contributed by atoms with van der Waals surface area (Å²) in [4.78, 5) is 0. The molecule has 86 valence electrons. The van der Waals surface area contributed by atoms with E-state index < -0.39 is 0 Å². The van der Waals surface area contributed by atoms with Gasteiger partial charge in [-0.3, -0.25) is 0 Å². The van der Waals surface area contributed by atoms with Gasteiger partial charge in [0.25, 0.3) is 0 Å². The molecule has 3 atom stereocenters. The summed E-state index contributed by atoms with van der Waals surface area (Å²) in [6.07, 6.45) is 5.48. The van der Waals surface area contributed by atoms with Gasteiger partial charge in [-0.25, -0.2) is 0 Å². The lowest BCUT2D eigenvalue weighted by Crippen LogP contribution is -2.37. The van der Waals surface area contributed by atoms with E-state index >= 15 is 0 Å². The summed E-state index contributed by atoms with van der Waals surface area (Å²) in [6.45, 7) is 4.43. The summed E-state index contributed by atoms with van der Waals surface area (Å²) in [6, 6.07) is 8.65. The van der Waals surface area contributed by atoms with E-state index in [1.165, 1.54) is 36.8 Å². The smallest absolute Gasteiger partial charge is 0.00760 e. The molecule has 3 rings (SSSR count). The van der Waals surface area contributed by atoms with Crippen LogP contribution in [0, 0.1) is 13.8 Å². The van der Waals surface area contributed by atoms with Gasteiger partial charge in [0.2, 0.25) is 0 Å². The van der Waals surface area contributed by atoms with E-state index in [2.05, 4.69) is 37.4 Å². The Morgan fingerprint density at radius 2 is 1.50 bits per heavy atom. The molecular formula is C15H21N. The highest BCUT2D eigenvalue weighted by atomic mass is 15.0. The third-order valence-electron chi connectivity index (χ3n) is 4.19. The second kappa shape index (κ2) is 3.89. The standard InChI is InChI=1S/C15H21N/c1-10-5-11(2)7-12(6-10)13-8-14-3-4-15(9-13)16-14/h5-7,13-16H,3-4,8-9H2,1-2H3/t13?,14-,15+. The Morgan fingerprint density at radius 3 is 2.06 bits per heavy atom. The molecule has 16 heavy (non-hydrogen) atoms. The molecule has 2 saturated heterocycles. The Bertz CT molecular complexity index is 364. The summed E-state index contributed by atoms with van der Waals surface area (Å²) < 4.78 is 0. The van der Waals surface area contributed by atoms with Crippen molar-refractivity contribution < 1.29 is 0 Å². The van der Waals surface area contributed by atoms with Crippen LogP contribution >= 0.6 is 0 Å². The zero-order valence-electron chi connectivity index (χ0n) is 10.3. The van der Waals surface area contributed by atoms with E-state index in [-0.39, 0.29) is 0 Å². The van der Waals surface area contributed by atoms with Crippen molar-refractivity contribution in [2.75, 3.05) is 0 Å². The van der Waals surface area contributed by atoms with Gasteiger partial charge in [-0.1, -0.05) is 29.3 Å². The van der Waals surface area contributed by atoms with Crippen molar-refractivity contribution in [3.8, 4) is 0 Å². The maximum Gasteiger partial charge on any atom is 0.00760 e. The quantitative estimate of drug-likeness (QED) is 0.758. The molecule has 2 heterocycles. The first-order valence-corrected chi connectivity index (χ1v) is 6.55. The minimum Gasteiger partial charge on any atom is -0.311 e. The van der Waals surface area contributed by atoms with Crippen LogP contribution in [0.5, 0.6) is 0 Å². The van der Waals surface area contributed by atoms with Gasteiger partial charge in [0.1, 0.15) is 0 Å². The number of rotatable bonds is 1. The Morgan fingerprint density at radius 1 is 0.938 bits per heavy atom. The van der Waals surface area contributed by atoms with E-state index in [4.69, 9.17) is 0 Å². The molecular weight excluding hydrogens is 194 g/mol. The van der Waals surface area contributed by atoms with Gasteiger partial charge in [-0.15, -0.1) is 0 Å². The van der Waals surface area contributed by atoms with Crippen LogP contribution in [-0.2, 0) is 0 Å². The molecule has 1 heteroatoms. The zero-order chi connectivity index (χ0) is 11.1. The van der Waals surface area contributed by atoms with E-state index in [1.54, 1.807) is 5.56 Å². The molecule has 0 radical (unpaired) electrons. The topological polar surface area (TPSA) is 12.0 Å². The first-order valence-electron chi connectivity index (χ1n) is 6.55. The third-order valence-corrected chi connectivity index (χ3v) is 4.19. The Kier molecular flexibility index (Phi) is 2.51. The van der Waals surface area contributed by atoms with Gasteiger partial charge >= 0.3 is 0 Å². The van der Waals surface area contributed by atoms with Crippen molar-refractivity contribution >= 4 is 0 Å². The molecule has 1 unspecified atom stereocenters. The number of nitrogens with one attached hydrogen (secondary N) is 1. The normalized spacial score (nSPS) is 33.0. The van der Waals surface area contributed by atoms with Gasteiger partial charge in [0.05, 0.1) is 0 Å². The molecule has 0 amide bonds. The minimum atomic E-state index is 0.796. The van der Waals surface area contributed by atoms with E-state index in [0.717, 1.165) is 18.0 Å². The molecule has 0 saturated carbocycles. The average molecular weight is 215 g/mol. The third kappa shape index (κ3) is 1.89. The van der Waals surface area contributed by atoms with E-state index in [9.17, 15) is 0 Å². The predicted molar refractivity (Wildman–Crippen MR) is 67.8 cm³/mol. The number of hydrogen-bond acceptors (Lipinski definition) is 1. The lowest BCUT2D eigenvalue weighted by molar-refractivity contribution is 0.363. The van der Waals surface area contributed by atoms with Crippen LogP contribution in [-0.4, -0.2) is 12.1 Å². The number of hydrogen-bond donors (Lipinski definition) is 1. The lowest BCUT2D eigenvalue weighted by Gasteiger charge is -2.29. The van der Waals surface area contributed by atoms with Gasteiger partial charge in [0.15, 0.2) is 0 Å². The fourth-order valence-corrected chi connectivity index (χ4v) is 3.58. The second-order valence-corrected chi connectivity index (χ2v) is 5.73. The van der Waals surface area contributed by atoms with Gasteiger partial charge in [-0.2, -0.15) is 0 Å². The molecule has 0 spiro atoms. The Balaban J connectivity index is 1.86. The Labute approximate surface area is 98.3 Å². The highest BCUT2D eigenvalue weighted by Gasteiger charge is 2.33. The number of piperidine rings is 1. The highest BCUT2D eigenvalue weighted by molar-refractivity contribution is 5.31. The maximum absolute atomic E-state index is 3.72. The molecule has 0 aliphatic carbocycles. The largest absolute Gasteiger partial charge is 0.311 e. The average Bonchev–Trinajstić information content (AvgIpc) is 2.56. The zero-order valence-corrected chi connectivity index (χ0v) is 10.3. The van der Waals surface area contributed by atoms with Gasteiger partial charge < -0.3 is 5.32 Å². The fourth-order valence-electron chi connectivity index (χ4n) is 3.58. The molecule has 1 nitrogen and oxygen atoms in total. The van der Waals surface area contributed by atoms with Gasteiger partial charge in [0, 0.05) is 12.1 Å². The first kappa shape index (κ1) is 10.3. The van der Waals surface area contributed by atoms with Crippen LogP contribution in [0.4, 0.5) is 0 Å². The lowest BCUT2D eigenvalue weighted by atomic mass is 9.85. The van der Waals surface area contributed by atoms with Crippen molar-refractivity contribution in [2.45, 2.75) is 57.5 Å². The van der Waals surface area contributed by atoms with E-state index in [1.807, 2.05) is 0 Å². The molecule has 1 aromatic rings. The molecule has 2 bridgehead atoms. The molecule has 2 fully saturated rings. The Hall–Kier alpha value is -0.820. The van der Waals surface area contributed by atoms with Crippen LogP contribution in [0.1, 0.15) is 48.3 Å². The van der Waals surface area contributed by atoms with Crippen LogP contribution in [0.25, 0.3) is 0 Å². The van der Waals surface area contributed by atoms with Crippen LogP contribution < -0.4 is 5.32 Å². The van der Waals surface area contributed by atoms with Crippen molar-refractivity contribution in [3.63, 3.8) is 0 Å². The molecule has 1 N–H and O–H groups in total. The van der Waals surface area contributed by atoms with Crippen LogP contribution in [0.3, 0.4) is 0 Å². The first-order chi connectivity index (χ1) is 7.70. The van der Waals surface area contributed by atoms with Crippen LogP contribution in [0.15, 0.2) is 18.2 Å². The number of aryl methyl sites for hydroxylation is 2. The number of benzene rings is 1. The minimum absolute atomic E-state index is 0.796. The summed E-state index contributed by atoms with van der Waals surface area (Å²) >= 11 is 0. The summed E-state index contributed by atoms with van der Waals surface area (Å²) in [5, 5.41) is 3.72. The van der Waals surface area contributed by atoms with Crippen molar-refractivity contribution in [1.82, 2.24) is 5.32 Å². The molecule has 0 aromatic heterocycles. The monoisotopic (exact) mass is 215 g/mol. The summed E-state index contributed by atoms with van der Waals surface area (Å²) in [7, 11) is 0. The molecule has 2 aliphatic rings. The molecule has 2 aliphatic heterocycles. The maximum atomic E-state index is 3.72. The second-order valence-electron chi connectivity index (χ2n) is 5.73. The van der Waals surface area contributed by atoms with Gasteiger partial charge in [-0.05, 0) is 51.0 Å². The molecule has 1 aromatic carbocycles. The van der Waals surface area contributed by atoms with Crippen molar-refractivity contribution in [3.05, 3.63) is 34.9 Å². The summed E-state index contributed by atoms with van der Waals surface area (Å²) in [5.74, 6) is 0.803. The highest BCUT2D eigenvalue weighted by Crippen LogP contribution is 2.37. The SMILES string of the molecule is Cc1cc(C)cc(C2C[C@H]3CC[C@@H](C2)N3)c1. The van der Waals surface area contributed by atoms with Crippen molar-refractivity contribution in [2.24, 2.45) is 0 Å². The fraction of sp³-hybridized carbons (Fsp3) is 0.600. The number of fused-ring (bicyclic) bond motifs is 2.